The molecule has 0 aromatic heterocycles. The molecule has 1 atom stereocenters. The molecular weight excluding hydrogens is 240 g/mol. The minimum absolute atomic E-state index is 0.0162. The van der Waals surface area contributed by atoms with E-state index in [2.05, 4.69) is 5.32 Å². The highest BCUT2D eigenvalue weighted by atomic mass is 35.5. The zero-order chi connectivity index (χ0) is 12.8. The zero-order valence-electron chi connectivity index (χ0n) is 10.00. The zero-order valence-corrected chi connectivity index (χ0v) is 10.8. The predicted octanol–water partition coefficient (Wildman–Crippen LogP) is 2.08. The van der Waals surface area contributed by atoms with E-state index in [4.69, 9.17) is 22.1 Å². The number of carbonyl (C=O) groups is 1. The van der Waals surface area contributed by atoms with Crippen LogP contribution in [-0.2, 0) is 4.74 Å². The highest BCUT2D eigenvalue weighted by Crippen LogP contribution is 2.17. The topological polar surface area (TPSA) is 64.3 Å². The summed E-state index contributed by atoms with van der Waals surface area (Å²) in [5, 5.41) is 3.27. The van der Waals surface area contributed by atoms with Gasteiger partial charge in [-0.05, 0) is 32.0 Å². The second kappa shape index (κ2) is 6.47. The summed E-state index contributed by atoms with van der Waals surface area (Å²) >= 11 is 5.76. The molecule has 1 unspecified atom stereocenters. The Labute approximate surface area is 106 Å². The number of halogens is 1. The third-order valence-electron chi connectivity index (χ3n) is 2.26. The van der Waals surface area contributed by atoms with Crippen LogP contribution in [0, 0.1) is 0 Å². The van der Waals surface area contributed by atoms with E-state index in [9.17, 15) is 4.79 Å². The van der Waals surface area contributed by atoms with Crippen molar-refractivity contribution in [2.45, 2.75) is 20.0 Å². The standard InChI is InChI=1S/C12H17ClN2O2/c1-3-17-8(2)7-15-12(16)10-5-4-9(13)6-11(10)14/h4-6,8H,3,7,14H2,1-2H3,(H,15,16). The average molecular weight is 257 g/mol. The van der Waals surface area contributed by atoms with Gasteiger partial charge in [-0.25, -0.2) is 0 Å². The first kappa shape index (κ1) is 13.8. The molecule has 0 spiro atoms. The molecule has 0 aliphatic carbocycles. The van der Waals surface area contributed by atoms with Crippen LogP contribution in [-0.4, -0.2) is 25.2 Å². The summed E-state index contributed by atoms with van der Waals surface area (Å²) in [6, 6.07) is 4.81. The van der Waals surface area contributed by atoms with E-state index in [1.54, 1.807) is 18.2 Å². The van der Waals surface area contributed by atoms with Crippen molar-refractivity contribution >= 4 is 23.2 Å². The Balaban J connectivity index is 2.58. The lowest BCUT2D eigenvalue weighted by Gasteiger charge is -2.13. The van der Waals surface area contributed by atoms with Crippen molar-refractivity contribution in [2.24, 2.45) is 0 Å². The summed E-state index contributed by atoms with van der Waals surface area (Å²) in [5.74, 6) is -0.217. The monoisotopic (exact) mass is 256 g/mol. The lowest BCUT2D eigenvalue weighted by Crippen LogP contribution is -2.32. The van der Waals surface area contributed by atoms with E-state index in [0.29, 0.717) is 29.4 Å². The van der Waals surface area contributed by atoms with E-state index >= 15 is 0 Å². The molecule has 0 radical (unpaired) electrons. The third-order valence-corrected chi connectivity index (χ3v) is 2.49. The van der Waals surface area contributed by atoms with Crippen molar-refractivity contribution in [1.82, 2.24) is 5.32 Å². The molecule has 1 rings (SSSR count). The third kappa shape index (κ3) is 4.24. The first-order valence-corrected chi connectivity index (χ1v) is 5.87. The maximum atomic E-state index is 11.8. The molecule has 0 saturated heterocycles. The van der Waals surface area contributed by atoms with Crippen LogP contribution in [0.5, 0.6) is 0 Å². The number of amides is 1. The van der Waals surface area contributed by atoms with Gasteiger partial charge in [0.05, 0.1) is 11.7 Å². The van der Waals surface area contributed by atoms with E-state index in [1.807, 2.05) is 13.8 Å². The van der Waals surface area contributed by atoms with Gasteiger partial charge in [0.1, 0.15) is 0 Å². The van der Waals surface area contributed by atoms with E-state index in [1.165, 1.54) is 0 Å². The minimum Gasteiger partial charge on any atom is -0.398 e. The maximum Gasteiger partial charge on any atom is 0.253 e. The molecule has 4 nitrogen and oxygen atoms in total. The van der Waals surface area contributed by atoms with Crippen molar-refractivity contribution in [3.8, 4) is 0 Å². The number of benzene rings is 1. The summed E-state index contributed by atoms with van der Waals surface area (Å²) in [4.78, 5) is 11.8. The number of hydrogen-bond acceptors (Lipinski definition) is 3. The van der Waals surface area contributed by atoms with Gasteiger partial charge in [0.2, 0.25) is 0 Å². The number of anilines is 1. The average Bonchev–Trinajstić information content (AvgIpc) is 2.26. The number of hydrogen-bond donors (Lipinski definition) is 2. The lowest BCUT2D eigenvalue weighted by molar-refractivity contribution is 0.0695. The second-order valence-corrected chi connectivity index (χ2v) is 4.14. The minimum atomic E-state index is -0.217. The van der Waals surface area contributed by atoms with Crippen molar-refractivity contribution in [1.29, 1.82) is 0 Å². The van der Waals surface area contributed by atoms with Gasteiger partial charge in [-0.2, -0.15) is 0 Å². The number of carbonyl (C=O) groups excluding carboxylic acids is 1. The van der Waals surface area contributed by atoms with E-state index < -0.39 is 0 Å². The van der Waals surface area contributed by atoms with Gasteiger partial charge in [-0.1, -0.05) is 11.6 Å². The SMILES string of the molecule is CCOC(C)CNC(=O)c1ccc(Cl)cc1N. The Hall–Kier alpha value is -1.26. The normalized spacial score (nSPS) is 12.2. The molecule has 5 heteroatoms. The summed E-state index contributed by atoms with van der Waals surface area (Å²) in [6.45, 7) is 4.89. The quantitative estimate of drug-likeness (QED) is 0.793. The van der Waals surface area contributed by atoms with Crippen LogP contribution in [0.1, 0.15) is 24.2 Å². The first-order chi connectivity index (χ1) is 8.04. The smallest absolute Gasteiger partial charge is 0.253 e. The lowest BCUT2D eigenvalue weighted by atomic mass is 10.1. The Morgan fingerprint density at radius 1 is 1.59 bits per heavy atom. The van der Waals surface area contributed by atoms with E-state index in [0.717, 1.165) is 0 Å². The summed E-state index contributed by atoms with van der Waals surface area (Å²) < 4.78 is 5.31. The number of nitrogen functional groups attached to an aromatic ring is 1. The Bertz CT molecular complexity index is 396. The molecule has 0 aliphatic rings. The molecule has 1 amide bonds. The van der Waals surface area contributed by atoms with Gasteiger partial charge >= 0.3 is 0 Å². The fourth-order valence-electron chi connectivity index (χ4n) is 1.42. The number of nitrogens with one attached hydrogen (secondary N) is 1. The Morgan fingerprint density at radius 2 is 2.29 bits per heavy atom. The van der Waals surface area contributed by atoms with Gasteiger partial charge in [0.15, 0.2) is 0 Å². The fraction of sp³-hybridized carbons (Fsp3) is 0.417. The van der Waals surface area contributed by atoms with Crippen molar-refractivity contribution in [2.75, 3.05) is 18.9 Å². The van der Waals surface area contributed by atoms with Crippen LogP contribution >= 0.6 is 11.6 Å². The van der Waals surface area contributed by atoms with Gasteiger partial charge in [-0.15, -0.1) is 0 Å². The Morgan fingerprint density at radius 3 is 2.88 bits per heavy atom. The molecular formula is C12H17ClN2O2. The fourth-order valence-corrected chi connectivity index (χ4v) is 1.60. The highest BCUT2D eigenvalue weighted by Gasteiger charge is 2.10. The van der Waals surface area contributed by atoms with Gasteiger partial charge in [-0.3, -0.25) is 4.79 Å². The predicted molar refractivity (Wildman–Crippen MR) is 69.3 cm³/mol. The van der Waals surface area contributed by atoms with Crippen LogP contribution in [0.4, 0.5) is 5.69 Å². The Kier molecular flexibility index (Phi) is 5.25. The van der Waals surface area contributed by atoms with E-state index in [-0.39, 0.29) is 12.0 Å². The van der Waals surface area contributed by atoms with Gasteiger partial charge in [0, 0.05) is 23.9 Å². The van der Waals surface area contributed by atoms with Gasteiger partial charge < -0.3 is 15.8 Å². The van der Waals surface area contributed by atoms with Crippen LogP contribution in [0.3, 0.4) is 0 Å². The number of nitrogens with two attached hydrogens (primary N) is 1. The molecule has 94 valence electrons. The van der Waals surface area contributed by atoms with Crippen molar-refractivity contribution in [3.05, 3.63) is 28.8 Å². The summed E-state index contributed by atoms with van der Waals surface area (Å²) in [6.07, 6.45) is -0.0162. The summed E-state index contributed by atoms with van der Waals surface area (Å²) in [5.41, 5.74) is 6.51. The van der Waals surface area contributed by atoms with Crippen molar-refractivity contribution in [3.63, 3.8) is 0 Å². The molecule has 0 bridgehead atoms. The molecule has 0 aliphatic heterocycles. The molecule has 3 N–H and O–H groups in total. The van der Waals surface area contributed by atoms with Crippen molar-refractivity contribution < 1.29 is 9.53 Å². The molecule has 0 heterocycles. The number of rotatable bonds is 5. The summed E-state index contributed by atoms with van der Waals surface area (Å²) in [7, 11) is 0. The molecule has 0 fully saturated rings. The molecule has 0 saturated carbocycles. The number of ether oxygens (including phenoxy) is 1. The highest BCUT2D eigenvalue weighted by molar-refractivity contribution is 6.31. The van der Waals surface area contributed by atoms with Crippen LogP contribution in [0.2, 0.25) is 5.02 Å². The van der Waals surface area contributed by atoms with Crippen LogP contribution in [0.25, 0.3) is 0 Å². The molecule has 1 aromatic carbocycles. The second-order valence-electron chi connectivity index (χ2n) is 3.71. The molecule has 17 heavy (non-hydrogen) atoms. The largest absolute Gasteiger partial charge is 0.398 e. The molecule has 1 aromatic rings. The first-order valence-electron chi connectivity index (χ1n) is 5.49. The van der Waals surface area contributed by atoms with Gasteiger partial charge in [0.25, 0.3) is 5.91 Å². The van der Waals surface area contributed by atoms with Crippen LogP contribution < -0.4 is 11.1 Å². The maximum absolute atomic E-state index is 11.8. The van der Waals surface area contributed by atoms with Crippen LogP contribution in [0.15, 0.2) is 18.2 Å².